The zero-order valence-electron chi connectivity index (χ0n) is 14.7. The molecule has 0 bridgehead atoms. The summed E-state index contributed by atoms with van der Waals surface area (Å²) in [6, 6.07) is 19.9. The van der Waals surface area contributed by atoms with Crippen LogP contribution < -0.4 is 4.74 Å². The smallest absolute Gasteiger partial charge is 0.134 e. The molecule has 0 saturated carbocycles. The molecule has 3 rings (SSSR count). The van der Waals surface area contributed by atoms with Gasteiger partial charge in [-0.25, -0.2) is 0 Å². The van der Waals surface area contributed by atoms with Crippen molar-refractivity contribution >= 4 is 39.4 Å². The molecular weight excluding hydrogens is 410 g/mol. The summed E-state index contributed by atoms with van der Waals surface area (Å²) in [5.74, 6) is 0.786. The molecule has 0 amide bonds. The molecule has 0 aliphatic heterocycles. The first-order valence-electron chi connectivity index (χ1n) is 8.29. The van der Waals surface area contributed by atoms with E-state index in [4.69, 9.17) is 16.3 Å². The van der Waals surface area contributed by atoms with Crippen molar-refractivity contribution < 1.29 is 4.74 Å². The number of halogens is 2. The average molecular weight is 429 g/mol. The van der Waals surface area contributed by atoms with E-state index in [2.05, 4.69) is 53.0 Å². The fraction of sp³-hybridized carbons (Fsp3) is 0.136. The monoisotopic (exact) mass is 427 g/mol. The number of ether oxygens (including phenoxy) is 1. The van der Waals surface area contributed by atoms with E-state index in [1.165, 1.54) is 5.56 Å². The second-order valence-corrected chi connectivity index (χ2v) is 7.45. The summed E-state index contributed by atoms with van der Waals surface area (Å²) in [5, 5.41) is 0.711. The Balaban J connectivity index is 1.71. The van der Waals surface area contributed by atoms with Gasteiger partial charge in [-0.15, -0.1) is 0 Å². The molecule has 0 aliphatic rings. The molecule has 0 atom stereocenters. The lowest BCUT2D eigenvalue weighted by Crippen LogP contribution is -1.96. The molecule has 0 aliphatic carbocycles. The Morgan fingerprint density at radius 2 is 1.88 bits per heavy atom. The van der Waals surface area contributed by atoms with Crippen LogP contribution in [0.1, 0.15) is 22.3 Å². The van der Waals surface area contributed by atoms with Crippen LogP contribution in [0.25, 0.3) is 0 Å². The fourth-order valence-corrected chi connectivity index (χ4v) is 3.23. The first-order chi connectivity index (χ1) is 12.5. The molecule has 2 nitrogen and oxygen atoms in total. The summed E-state index contributed by atoms with van der Waals surface area (Å²) >= 11 is 9.58. The molecule has 0 unspecified atom stereocenters. The number of benzene rings is 3. The highest BCUT2D eigenvalue weighted by atomic mass is 79.9. The summed E-state index contributed by atoms with van der Waals surface area (Å²) in [6.45, 7) is 4.60. The lowest BCUT2D eigenvalue weighted by Gasteiger charge is -2.09. The van der Waals surface area contributed by atoms with Gasteiger partial charge < -0.3 is 4.74 Å². The molecule has 0 N–H and O–H groups in total. The van der Waals surface area contributed by atoms with E-state index >= 15 is 0 Å². The molecule has 0 spiro atoms. The minimum Gasteiger partial charge on any atom is -0.488 e. The fourth-order valence-electron chi connectivity index (χ4n) is 2.50. The zero-order chi connectivity index (χ0) is 18.5. The molecule has 0 fully saturated rings. The van der Waals surface area contributed by atoms with E-state index in [9.17, 15) is 0 Å². The van der Waals surface area contributed by atoms with Gasteiger partial charge in [-0.1, -0.05) is 35.9 Å². The van der Waals surface area contributed by atoms with Gasteiger partial charge in [-0.2, -0.15) is 0 Å². The van der Waals surface area contributed by atoms with Gasteiger partial charge in [0.2, 0.25) is 0 Å². The Morgan fingerprint density at radius 3 is 2.65 bits per heavy atom. The maximum Gasteiger partial charge on any atom is 0.134 e. The van der Waals surface area contributed by atoms with Crippen molar-refractivity contribution in [3.8, 4) is 5.75 Å². The quantitative estimate of drug-likeness (QED) is 0.399. The largest absolute Gasteiger partial charge is 0.488 e. The van der Waals surface area contributed by atoms with Crippen LogP contribution in [0, 0.1) is 13.8 Å². The highest BCUT2D eigenvalue weighted by Crippen LogP contribution is 2.27. The van der Waals surface area contributed by atoms with Crippen LogP contribution in [-0.2, 0) is 6.61 Å². The Hall–Kier alpha value is -2.10. The Labute approximate surface area is 167 Å². The minimum atomic E-state index is 0.467. The number of aryl methyl sites for hydroxylation is 2. The van der Waals surface area contributed by atoms with Crippen molar-refractivity contribution in [2.45, 2.75) is 20.5 Å². The molecule has 3 aromatic rings. The average Bonchev–Trinajstić information content (AvgIpc) is 2.62. The predicted molar refractivity (Wildman–Crippen MR) is 113 cm³/mol. The summed E-state index contributed by atoms with van der Waals surface area (Å²) in [4.78, 5) is 4.61. The van der Waals surface area contributed by atoms with Crippen LogP contribution in [0.5, 0.6) is 5.75 Å². The maximum atomic E-state index is 6.01. The third-order valence-corrected chi connectivity index (χ3v) is 4.81. The van der Waals surface area contributed by atoms with Gasteiger partial charge in [0.15, 0.2) is 0 Å². The van der Waals surface area contributed by atoms with E-state index in [0.717, 1.165) is 32.6 Å². The molecule has 3 aromatic carbocycles. The van der Waals surface area contributed by atoms with Crippen molar-refractivity contribution in [2.24, 2.45) is 4.99 Å². The molecule has 4 heteroatoms. The van der Waals surface area contributed by atoms with Gasteiger partial charge in [0.25, 0.3) is 0 Å². The van der Waals surface area contributed by atoms with Gasteiger partial charge >= 0.3 is 0 Å². The number of rotatable bonds is 5. The van der Waals surface area contributed by atoms with Crippen LogP contribution in [-0.4, -0.2) is 6.21 Å². The Morgan fingerprint density at radius 1 is 1.04 bits per heavy atom. The zero-order valence-corrected chi connectivity index (χ0v) is 17.0. The summed E-state index contributed by atoms with van der Waals surface area (Å²) < 4.78 is 6.77. The van der Waals surface area contributed by atoms with Crippen LogP contribution >= 0.6 is 27.5 Å². The summed E-state index contributed by atoms with van der Waals surface area (Å²) in [6.07, 6.45) is 1.87. The molecule has 132 valence electrons. The van der Waals surface area contributed by atoms with Crippen molar-refractivity contribution in [1.29, 1.82) is 0 Å². The molecule has 0 radical (unpaired) electrons. The third kappa shape index (κ3) is 4.96. The van der Waals surface area contributed by atoms with Gasteiger partial charge in [0, 0.05) is 11.2 Å². The third-order valence-electron chi connectivity index (χ3n) is 3.96. The van der Waals surface area contributed by atoms with E-state index in [1.807, 2.05) is 48.7 Å². The van der Waals surface area contributed by atoms with E-state index in [-0.39, 0.29) is 0 Å². The van der Waals surface area contributed by atoms with Crippen molar-refractivity contribution in [3.63, 3.8) is 0 Å². The molecule has 26 heavy (non-hydrogen) atoms. The van der Waals surface area contributed by atoms with Gasteiger partial charge in [0.1, 0.15) is 12.4 Å². The molecule has 0 heterocycles. The standard InChI is InChI=1S/C22H19BrClNO/c1-15-6-7-16(2)21(10-15)25-13-17-8-9-22(20(23)12-17)26-14-18-4-3-5-19(24)11-18/h3-13H,14H2,1-2H3. The number of aliphatic imine (C=N–C) groups is 1. The topological polar surface area (TPSA) is 21.6 Å². The number of nitrogens with zero attached hydrogens (tertiary/aromatic N) is 1. The molecule has 0 saturated heterocycles. The first-order valence-corrected chi connectivity index (χ1v) is 9.46. The molecular formula is C22H19BrClNO. The lowest BCUT2D eigenvalue weighted by molar-refractivity contribution is 0.304. The first kappa shape index (κ1) is 18.7. The SMILES string of the molecule is Cc1ccc(C)c(N=Cc2ccc(OCc3cccc(Cl)c3)c(Br)c2)c1. The minimum absolute atomic E-state index is 0.467. The maximum absolute atomic E-state index is 6.01. The Kier molecular flexibility index (Phi) is 6.12. The van der Waals surface area contributed by atoms with Crippen molar-refractivity contribution in [3.05, 3.63) is 92.4 Å². The lowest BCUT2D eigenvalue weighted by atomic mass is 10.1. The van der Waals surface area contributed by atoms with Gasteiger partial charge in [0.05, 0.1) is 10.2 Å². The van der Waals surface area contributed by atoms with Crippen LogP contribution in [0.15, 0.2) is 70.1 Å². The second-order valence-electron chi connectivity index (χ2n) is 6.16. The second kappa shape index (κ2) is 8.52. The number of hydrogen-bond acceptors (Lipinski definition) is 2. The van der Waals surface area contributed by atoms with Crippen LogP contribution in [0.2, 0.25) is 5.02 Å². The summed E-state index contributed by atoms with van der Waals surface area (Å²) in [7, 11) is 0. The van der Waals surface area contributed by atoms with Crippen molar-refractivity contribution in [1.82, 2.24) is 0 Å². The normalized spacial score (nSPS) is 11.1. The number of hydrogen-bond donors (Lipinski definition) is 0. The van der Waals surface area contributed by atoms with E-state index < -0.39 is 0 Å². The van der Waals surface area contributed by atoms with Gasteiger partial charge in [-0.05, 0) is 88.4 Å². The van der Waals surface area contributed by atoms with E-state index in [1.54, 1.807) is 0 Å². The van der Waals surface area contributed by atoms with Gasteiger partial charge in [-0.3, -0.25) is 4.99 Å². The van der Waals surface area contributed by atoms with Crippen LogP contribution in [0.4, 0.5) is 5.69 Å². The summed E-state index contributed by atoms with van der Waals surface area (Å²) in [5.41, 5.74) is 5.39. The molecule has 0 aromatic heterocycles. The van der Waals surface area contributed by atoms with E-state index in [0.29, 0.717) is 11.6 Å². The van der Waals surface area contributed by atoms with Crippen LogP contribution in [0.3, 0.4) is 0 Å². The van der Waals surface area contributed by atoms with Crippen molar-refractivity contribution in [2.75, 3.05) is 0 Å². The highest BCUT2D eigenvalue weighted by Gasteiger charge is 2.04. The highest BCUT2D eigenvalue weighted by molar-refractivity contribution is 9.10. The Bertz CT molecular complexity index is 953. The predicted octanol–water partition coefficient (Wildman–Crippen LogP) is 7.05.